The smallest absolute Gasteiger partial charge is 0.297 e. The number of nitriles is 1. The lowest BCUT2D eigenvalue weighted by molar-refractivity contribution is 0.0118. The summed E-state index contributed by atoms with van der Waals surface area (Å²) < 4.78 is 57.1. The number of nitrogens with zero attached hydrogens (tertiary/aromatic N) is 5. The molecule has 12 nitrogen and oxygen atoms in total. The van der Waals surface area contributed by atoms with Gasteiger partial charge in [-0.15, -0.1) is 0 Å². The second kappa shape index (κ2) is 14.8. The summed E-state index contributed by atoms with van der Waals surface area (Å²) in [7, 11) is -2.63. The van der Waals surface area contributed by atoms with Crippen molar-refractivity contribution in [1.29, 1.82) is 5.26 Å². The van der Waals surface area contributed by atoms with Crippen LogP contribution in [0.2, 0.25) is 0 Å². The molecule has 0 unspecified atom stereocenters. The average molecular weight is 695 g/mol. The fourth-order valence-corrected chi connectivity index (χ4v) is 6.39. The highest BCUT2D eigenvalue weighted by molar-refractivity contribution is 7.86. The van der Waals surface area contributed by atoms with Gasteiger partial charge in [-0.1, -0.05) is 29.8 Å². The lowest BCUT2D eigenvalue weighted by Gasteiger charge is -2.35. The molecule has 1 aliphatic heterocycles. The first-order valence-electron chi connectivity index (χ1n) is 15.5. The lowest BCUT2D eigenvalue weighted by Crippen LogP contribution is -2.45. The molecule has 0 bridgehead atoms. The maximum atomic E-state index is 14.8. The van der Waals surface area contributed by atoms with Gasteiger partial charge in [0, 0.05) is 37.2 Å². The first-order valence-corrected chi connectivity index (χ1v) is 16.9. The van der Waals surface area contributed by atoms with Crippen molar-refractivity contribution in [1.82, 2.24) is 15.0 Å². The summed E-state index contributed by atoms with van der Waals surface area (Å²) >= 11 is 0. The normalized spacial score (nSPS) is 14.5. The topological polar surface area (TPSA) is 157 Å². The highest BCUT2D eigenvalue weighted by Crippen LogP contribution is 2.35. The highest BCUT2D eigenvalue weighted by Gasteiger charge is 2.27. The molecular weight excluding hydrogens is 663 g/mol. The number of aromatic nitrogens is 3. The number of hydrogen-bond donors (Lipinski definition) is 1. The van der Waals surface area contributed by atoms with Gasteiger partial charge in [-0.2, -0.15) is 13.7 Å². The first-order chi connectivity index (χ1) is 24.2. The van der Waals surface area contributed by atoms with Crippen molar-refractivity contribution in [3.63, 3.8) is 0 Å². The molecule has 3 aromatic carbocycles. The molecule has 1 N–H and O–H groups in total. The molecule has 3 heterocycles. The Hall–Kier alpha value is -5.75. The van der Waals surface area contributed by atoms with Gasteiger partial charge in [0.15, 0.2) is 5.82 Å². The summed E-state index contributed by atoms with van der Waals surface area (Å²) in [6.45, 7) is 2.48. The van der Waals surface area contributed by atoms with Gasteiger partial charge in [-0.25, -0.2) is 14.4 Å². The summed E-state index contributed by atoms with van der Waals surface area (Å²) in [5.41, 5.74) is 3.55. The Bertz CT molecular complexity index is 2190. The summed E-state index contributed by atoms with van der Waals surface area (Å²) in [5, 5.41) is 12.6. The number of morpholine rings is 1. The fourth-order valence-electron chi connectivity index (χ4n) is 5.45. The molecule has 254 valence electrons. The number of halogens is 1. The standard InChI is InChI=1S/C36H31FN6O6S/c1-23-6-9-27(10-7-23)50(45,46)49-22-26-21-43(16-17-48-26)32-18-24(28-20-39-14-12-25(28)19-38)8-11-30(32)42-36(44)31-13-15-40-35(41-31)34-29(37)4-3-5-33(34)47-2/h3-15,18,20,26H,16-17,21-22H2,1-2H3,(H,42,44)/t26-/m1/s1. The fraction of sp³-hybridized carbons (Fsp3) is 0.194. The molecule has 6 rings (SSSR count). The number of rotatable bonds is 10. The van der Waals surface area contributed by atoms with Crippen molar-refractivity contribution in [3.05, 3.63) is 114 Å². The van der Waals surface area contributed by atoms with Gasteiger partial charge in [-0.05, 0) is 61.0 Å². The predicted molar refractivity (Wildman–Crippen MR) is 183 cm³/mol. The van der Waals surface area contributed by atoms with E-state index in [2.05, 4.69) is 26.3 Å². The summed E-state index contributed by atoms with van der Waals surface area (Å²) in [6.07, 6.45) is 3.84. The van der Waals surface area contributed by atoms with Gasteiger partial charge in [0.1, 0.15) is 17.3 Å². The minimum Gasteiger partial charge on any atom is -0.496 e. The average Bonchev–Trinajstić information content (AvgIpc) is 3.14. The number of carbonyl (C=O) groups is 1. The van der Waals surface area contributed by atoms with Crippen LogP contribution in [0.15, 0.2) is 96.3 Å². The third-order valence-electron chi connectivity index (χ3n) is 8.00. The zero-order valence-corrected chi connectivity index (χ0v) is 27.9. The number of methoxy groups -OCH3 is 1. The lowest BCUT2D eigenvalue weighted by atomic mass is 10.0. The number of amides is 1. The zero-order valence-electron chi connectivity index (χ0n) is 27.0. The van der Waals surface area contributed by atoms with Crippen LogP contribution in [0, 0.1) is 24.1 Å². The Labute approximate surface area is 288 Å². The van der Waals surface area contributed by atoms with Crippen LogP contribution in [0.4, 0.5) is 15.8 Å². The molecule has 14 heteroatoms. The van der Waals surface area contributed by atoms with Crippen molar-refractivity contribution in [3.8, 4) is 34.3 Å². The number of aryl methyl sites for hydroxylation is 1. The number of hydrogen-bond acceptors (Lipinski definition) is 11. The molecule has 1 amide bonds. The third-order valence-corrected chi connectivity index (χ3v) is 9.30. The number of anilines is 2. The van der Waals surface area contributed by atoms with Crippen LogP contribution in [0.5, 0.6) is 5.75 Å². The first kappa shape index (κ1) is 34.1. The molecular formula is C36H31FN6O6S. The summed E-state index contributed by atoms with van der Waals surface area (Å²) in [6, 6.07) is 21.1. The zero-order chi connectivity index (χ0) is 35.3. The molecule has 1 fully saturated rings. The maximum absolute atomic E-state index is 14.8. The molecule has 5 aromatic rings. The van der Waals surface area contributed by atoms with E-state index in [4.69, 9.17) is 13.7 Å². The maximum Gasteiger partial charge on any atom is 0.297 e. The Morgan fingerprint density at radius 1 is 1.12 bits per heavy atom. The van der Waals surface area contributed by atoms with Crippen molar-refractivity contribution in [2.45, 2.75) is 17.9 Å². The number of nitrogens with one attached hydrogen (secondary N) is 1. The van der Waals surface area contributed by atoms with Gasteiger partial charge in [0.2, 0.25) is 0 Å². The van der Waals surface area contributed by atoms with Crippen molar-refractivity contribution >= 4 is 27.4 Å². The minimum absolute atomic E-state index is 0.0189. The van der Waals surface area contributed by atoms with Crippen LogP contribution in [0.1, 0.15) is 21.6 Å². The van der Waals surface area contributed by atoms with E-state index in [1.54, 1.807) is 42.6 Å². The van der Waals surface area contributed by atoms with E-state index in [9.17, 15) is 22.9 Å². The monoisotopic (exact) mass is 694 g/mol. The van der Waals surface area contributed by atoms with Crippen LogP contribution in [0.3, 0.4) is 0 Å². The van der Waals surface area contributed by atoms with Gasteiger partial charge in [-0.3, -0.25) is 14.0 Å². The number of ether oxygens (including phenoxy) is 2. The van der Waals surface area contributed by atoms with Crippen LogP contribution >= 0.6 is 0 Å². The number of carbonyl (C=O) groups excluding carboxylic acids is 1. The Morgan fingerprint density at radius 3 is 2.72 bits per heavy atom. The molecule has 1 saturated heterocycles. The second-order valence-electron chi connectivity index (χ2n) is 11.3. The molecule has 0 radical (unpaired) electrons. The Morgan fingerprint density at radius 2 is 1.94 bits per heavy atom. The third kappa shape index (κ3) is 7.45. The van der Waals surface area contributed by atoms with Crippen LogP contribution in [-0.2, 0) is 19.0 Å². The summed E-state index contributed by atoms with van der Waals surface area (Å²) in [5.74, 6) is -1.01. The molecule has 0 saturated carbocycles. The molecule has 0 aliphatic carbocycles. The molecule has 1 aliphatic rings. The van der Waals surface area contributed by atoms with E-state index in [-0.39, 0.29) is 47.5 Å². The van der Waals surface area contributed by atoms with Gasteiger partial charge < -0.3 is 19.7 Å². The van der Waals surface area contributed by atoms with Crippen LogP contribution < -0.4 is 15.0 Å². The van der Waals surface area contributed by atoms with Crippen molar-refractivity contribution < 1.29 is 31.3 Å². The van der Waals surface area contributed by atoms with Gasteiger partial charge >= 0.3 is 0 Å². The largest absolute Gasteiger partial charge is 0.496 e. The Kier molecular flexibility index (Phi) is 10.1. The molecule has 2 aromatic heterocycles. The van der Waals surface area contributed by atoms with Crippen LogP contribution in [0.25, 0.3) is 22.5 Å². The van der Waals surface area contributed by atoms with E-state index in [0.717, 1.165) is 5.56 Å². The van der Waals surface area contributed by atoms with Crippen LogP contribution in [-0.4, -0.2) is 68.8 Å². The van der Waals surface area contributed by atoms with Crippen molar-refractivity contribution in [2.75, 3.05) is 43.6 Å². The SMILES string of the molecule is COc1cccc(F)c1-c1nccc(C(=O)Nc2ccc(-c3cnccc3C#N)cc2N2CCO[C@@H](COS(=O)(=O)c3ccc(C)cc3)C2)n1. The van der Waals surface area contributed by atoms with E-state index in [1.165, 1.54) is 49.8 Å². The Balaban J connectivity index is 1.29. The molecule has 0 spiro atoms. The van der Waals surface area contributed by atoms with E-state index in [0.29, 0.717) is 34.6 Å². The van der Waals surface area contributed by atoms with Gasteiger partial charge in [0.25, 0.3) is 16.0 Å². The number of benzene rings is 3. The van der Waals surface area contributed by atoms with E-state index >= 15 is 0 Å². The molecule has 1 atom stereocenters. The van der Waals surface area contributed by atoms with E-state index in [1.807, 2.05) is 17.9 Å². The minimum atomic E-state index is -4.03. The van der Waals surface area contributed by atoms with Crippen molar-refractivity contribution in [2.24, 2.45) is 0 Å². The quantitative estimate of drug-likeness (QED) is 0.187. The predicted octanol–water partition coefficient (Wildman–Crippen LogP) is 5.40. The van der Waals surface area contributed by atoms with Gasteiger partial charge in [0.05, 0.1) is 59.9 Å². The number of pyridine rings is 1. The van der Waals surface area contributed by atoms with E-state index < -0.39 is 27.9 Å². The molecule has 50 heavy (non-hydrogen) atoms. The second-order valence-corrected chi connectivity index (χ2v) is 12.9. The summed E-state index contributed by atoms with van der Waals surface area (Å²) in [4.78, 5) is 28.3. The highest BCUT2D eigenvalue weighted by atomic mass is 32.2.